The first-order valence-corrected chi connectivity index (χ1v) is 8.14. The molecule has 0 atom stereocenters. The van der Waals surface area contributed by atoms with Crippen LogP contribution in [-0.4, -0.2) is 30.5 Å². The summed E-state index contributed by atoms with van der Waals surface area (Å²) in [5.74, 6) is 0.0815. The van der Waals surface area contributed by atoms with Gasteiger partial charge in [-0.15, -0.1) is 0 Å². The molecule has 1 aromatic heterocycles. The number of nitrogens with zero attached hydrogens (tertiary/aromatic N) is 2. The second-order valence-electron chi connectivity index (χ2n) is 5.74. The summed E-state index contributed by atoms with van der Waals surface area (Å²) < 4.78 is 5.19. The molecule has 0 unspecified atom stereocenters. The van der Waals surface area contributed by atoms with Crippen molar-refractivity contribution in [3.05, 3.63) is 60.8 Å². The molecule has 2 amide bonds. The van der Waals surface area contributed by atoms with E-state index in [9.17, 15) is 9.59 Å². The Kier molecular flexibility index (Phi) is 5.12. The lowest BCUT2D eigenvalue weighted by Crippen LogP contribution is -2.36. The van der Waals surface area contributed by atoms with Gasteiger partial charge in [-0.25, -0.2) is 0 Å². The fourth-order valence-corrected chi connectivity index (χ4v) is 2.70. The topological polar surface area (TPSA) is 71.5 Å². The van der Waals surface area contributed by atoms with Gasteiger partial charge in [0.1, 0.15) is 12.3 Å². The normalized spacial score (nSPS) is 10.4. The van der Waals surface area contributed by atoms with E-state index in [-0.39, 0.29) is 18.4 Å². The molecule has 0 aliphatic rings. The predicted molar refractivity (Wildman–Crippen MR) is 101 cm³/mol. The molecule has 0 saturated carbocycles. The van der Waals surface area contributed by atoms with Crippen LogP contribution in [-0.2, 0) is 9.59 Å². The fourth-order valence-electron chi connectivity index (χ4n) is 2.70. The number of ether oxygens (including phenoxy) is 1. The van der Waals surface area contributed by atoms with Crippen LogP contribution in [0.4, 0.5) is 11.4 Å². The summed E-state index contributed by atoms with van der Waals surface area (Å²) >= 11 is 0. The third-order valence-electron chi connectivity index (χ3n) is 3.95. The molecule has 6 heteroatoms. The number of rotatable bonds is 5. The molecule has 0 radical (unpaired) electrons. The molecule has 0 aliphatic carbocycles. The van der Waals surface area contributed by atoms with Crippen molar-refractivity contribution in [2.24, 2.45) is 0 Å². The maximum Gasteiger partial charge on any atom is 0.244 e. The number of hydrogen-bond donors (Lipinski definition) is 1. The quantitative estimate of drug-likeness (QED) is 0.768. The first-order chi connectivity index (χ1) is 12.6. The number of aromatic nitrogens is 1. The van der Waals surface area contributed by atoms with Crippen molar-refractivity contribution in [2.45, 2.75) is 6.92 Å². The molecule has 132 valence electrons. The van der Waals surface area contributed by atoms with E-state index in [1.54, 1.807) is 43.6 Å². The number of pyridine rings is 1. The first-order valence-electron chi connectivity index (χ1n) is 8.14. The Morgan fingerprint density at radius 2 is 1.88 bits per heavy atom. The standard InChI is InChI=1S/C20H19N3O3/c1-14(24)23(16-8-4-9-17(12-16)26-2)13-19(25)22-18-10-3-6-15-7-5-11-21-20(15)18/h3-12H,13H2,1-2H3,(H,22,25). The maximum atomic E-state index is 12.5. The molecular weight excluding hydrogens is 330 g/mol. The number of carbonyl (C=O) groups excluding carboxylic acids is 2. The van der Waals surface area contributed by atoms with Crippen LogP contribution in [0.25, 0.3) is 10.9 Å². The highest BCUT2D eigenvalue weighted by molar-refractivity contribution is 6.05. The van der Waals surface area contributed by atoms with Gasteiger partial charge in [-0.1, -0.05) is 24.3 Å². The van der Waals surface area contributed by atoms with Crippen LogP contribution in [0.1, 0.15) is 6.92 Å². The van der Waals surface area contributed by atoms with Crippen LogP contribution in [0, 0.1) is 0 Å². The van der Waals surface area contributed by atoms with E-state index >= 15 is 0 Å². The highest BCUT2D eigenvalue weighted by Crippen LogP contribution is 2.23. The monoisotopic (exact) mass is 349 g/mol. The zero-order valence-corrected chi connectivity index (χ0v) is 14.6. The third-order valence-corrected chi connectivity index (χ3v) is 3.95. The van der Waals surface area contributed by atoms with Gasteiger partial charge in [-0.2, -0.15) is 0 Å². The summed E-state index contributed by atoms with van der Waals surface area (Å²) in [5, 5.41) is 3.77. The van der Waals surface area contributed by atoms with Crippen molar-refractivity contribution in [2.75, 3.05) is 23.9 Å². The number of carbonyl (C=O) groups is 2. The lowest BCUT2D eigenvalue weighted by molar-refractivity contribution is -0.120. The predicted octanol–water partition coefficient (Wildman–Crippen LogP) is 3.24. The number of benzene rings is 2. The molecule has 0 bridgehead atoms. The Morgan fingerprint density at radius 1 is 1.12 bits per heavy atom. The SMILES string of the molecule is COc1cccc(N(CC(=O)Nc2cccc3cccnc23)C(C)=O)c1. The lowest BCUT2D eigenvalue weighted by atomic mass is 10.2. The van der Waals surface area contributed by atoms with Gasteiger partial charge in [0.25, 0.3) is 0 Å². The largest absolute Gasteiger partial charge is 0.497 e. The second-order valence-corrected chi connectivity index (χ2v) is 5.74. The number of fused-ring (bicyclic) bond motifs is 1. The molecule has 26 heavy (non-hydrogen) atoms. The molecule has 0 fully saturated rings. The molecule has 3 rings (SSSR count). The van der Waals surface area contributed by atoms with Gasteiger partial charge in [0.15, 0.2) is 0 Å². The van der Waals surface area contributed by atoms with E-state index in [0.29, 0.717) is 22.6 Å². The van der Waals surface area contributed by atoms with E-state index in [4.69, 9.17) is 4.74 Å². The number of para-hydroxylation sites is 1. The number of methoxy groups -OCH3 is 1. The Hall–Kier alpha value is -3.41. The minimum Gasteiger partial charge on any atom is -0.497 e. The van der Waals surface area contributed by atoms with Crippen LogP contribution in [0.3, 0.4) is 0 Å². The first kappa shape index (κ1) is 17.4. The molecule has 1 heterocycles. The van der Waals surface area contributed by atoms with Crippen LogP contribution in [0.5, 0.6) is 5.75 Å². The minimum atomic E-state index is -0.304. The number of hydrogen-bond acceptors (Lipinski definition) is 4. The van der Waals surface area contributed by atoms with Crippen LogP contribution in [0.2, 0.25) is 0 Å². The van der Waals surface area contributed by atoms with E-state index in [0.717, 1.165) is 5.39 Å². The number of nitrogens with one attached hydrogen (secondary N) is 1. The Balaban J connectivity index is 1.81. The molecule has 2 aromatic carbocycles. The van der Waals surface area contributed by atoms with Crippen LogP contribution < -0.4 is 15.0 Å². The summed E-state index contributed by atoms with van der Waals surface area (Å²) in [7, 11) is 1.55. The minimum absolute atomic E-state index is 0.105. The van der Waals surface area contributed by atoms with Crippen molar-refractivity contribution in [1.29, 1.82) is 0 Å². The van der Waals surface area contributed by atoms with Crippen LogP contribution in [0.15, 0.2) is 60.8 Å². The molecule has 0 saturated heterocycles. The Labute approximate surface area is 151 Å². The second kappa shape index (κ2) is 7.65. The summed E-state index contributed by atoms with van der Waals surface area (Å²) in [6.07, 6.45) is 1.68. The van der Waals surface area contributed by atoms with E-state index in [2.05, 4.69) is 10.3 Å². The number of anilines is 2. The molecule has 1 N–H and O–H groups in total. The van der Waals surface area contributed by atoms with Gasteiger partial charge in [-0.05, 0) is 24.3 Å². The van der Waals surface area contributed by atoms with Crippen LogP contribution >= 0.6 is 0 Å². The van der Waals surface area contributed by atoms with E-state index in [1.807, 2.05) is 24.3 Å². The molecular formula is C20H19N3O3. The maximum absolute atomic E-state index is 12.5. The Bertz CT molecular complexity index is 950. The summed E-state index contributed by atoms with van der Waals surface area (Å²) in [4.78, 5) is 30.3. The fraction of sp³-hybridized carbons (Fsp3) is 0.150. The van der Waals surface area contributed by atoms with Crippen molar-refractivity contribution in [3.8, 4) is 5.75 Å². The molecule has 3 aromatic rings. The Morgan fingerprint density at radius 3 is 2.65 bits per heavy atom. The zero-order chi connectivity index (χ0) is 18.5. The third kappa shape index (κ3) is 3.80. The highest BCUT2D eigenvalue weighted by atomic mass is 16.5. The van der Waals surface area contributed by atoms with Crippen molar-refractivity contribution < 1.29 is 14.3 Å². The number of amides is 2. The highest BCUT2D eigenvalue weighted by Gasteiger charge is 2.17. The smallest absolute Gasteiger partial charge is 0.244 e. The van der Waals surface area contributed by atoms with Gasteiger partial charge in [0.05, 0.1) is 18.3 Å². The molecule has 0 aliphatic heterocycles. The van der Waals surface area contributed by atoms with Gasteiger partial charge in [-0.3, -0.25) is 14.6 Å². The lowest BCUT2D eigenvalue weighted by Gasteiger charge is -2.21. The van der Waals surface area contributed by atoms with E-state index < -0.39 is 0 Å². The van der Waals surface area contributed by atoms with Gasteiger partial charge in [0.2, 0.25) is 11.8 Å². The molecule has 6 nitrogen and oxygen atoms in total. The molecule has 0 spiro atoms. The summed E-state index contributed by atoms with van der Waals surface area (Å²) in [6.45, 7) is 1.32. The van der Waals surface area contributed by atoms with Crippen molar-refractivity contribution in [3.63, 3.8) is 0 Å². The van der Waals surface area contributed by atoms with Crippen molar-refractivity contribution >= 4 is 34.1 Å². The van der Waals surface area contributed by atoms with E-state index in [1.165, 1.54) is 11.8 Å². The summed E-state index contributed by atoms with van der Waals surface area (Å²) in [6, 6.07) is 16.4. The van der Waals surface area contributed by atoms with Gasteiger partial charge in [0, 0.05) is 30.3 Å². The summed E-state index contributed by atoms with van der Waals surface area (Å²) in [5.41, 5.74) is 1.92. The average molecular weight is 349 g/mol. The van der Waals surface area contributed by atoms with Gasteiger partial charge >= 0.3 is 0 Å². The average Bonchev–Trinajstić information content (AvgIpc) is 2.66. The van der Waals surface area contributed by atoms with Gasteiger partial charge < -0.3 is 15.0 Å². The zero-order valence-electron chi connectivity index (χ0n) is 14.6. The van der Waals surface area contributed by atoms with Crippen molar-refractivity contribution in [1.82, 2.24) is 4.98 Å².